The van der Waals surface area contributed by atoms with Crippen LogP contribution in [0.4, 0.5) is 10.1 Å². The molecule has 0 aliphatic carbocycles. The first-order chi connectivity index (χ1) is 18.6. The highest BCUT2D eigenvalue weighted by molar-refractivity contribution is 7.92. The molecule has 0 fully saturated rings. The minimum atomic E-state index is -4.24. The smallest absolute Gasteiger partial charge is 0.264 e. The number of carbonyl (C=O) groups is 2. The molecule has 10 heteroatoms. The van der Waals surface area contributed by atoms with Crippen molar-refractivity contribution in [1.82, 2.24) is 10.2 Å². The van der Waals surface area contributed by atoms with E-state index in [0.29, 0.717) is 10.6 Å². The van der Waals surface area contributed by atoms with E-state index in [-0.39, 0.29) is 22.7 Å². The molecule has 0 spiro atoms. The zero-order valence-electron chi connectivity index (χ0n) is 23.5. The molecule has 0 heterocycles. The van der Waals surface area contributed by atoms with Crippen LogP contribution in [0, 0.1) is 19.7 Å². The summed E-state index contributed by atoms with van der Waals surface area (Å²) in [4.78, 5) is 28.3. The largest absolute Gasteiger partial charge is 0.350 e. The number of hydrogen-bond acceptors (Lipinski definition) is 4. The third-order valence-electron chi connectivity index (χ3n) is 6.36. The van der Waals surface area contributed by atoms with Crippen molar-refractivity contribution in [2.45, 2.75) is 64.6 Å². The molecule has 40 heavy (non-hydrogen) atoms. The fourth-order valence-corrected chi connectivity index (χ4v) is 5.73. The van der Waals surface area contributed by atoms with Crippen LogP contribution in [0.15, 0.2) is 71.6 Å². The summed E-state index contributed by atoms with van der Waals surface area (Å²) in [5, 5.41) is 3.17. The molecule has 3 aromatic rings. The van der Waals surface area contributed by atoms with Crippen LogP contribution in [0.3, 0.4) is 0 Å². The molecule has 0 aliphatic heterocycles. The number of rotatable bonds is 9. The second kappa shape index (κ2) is 12.4. The lowest BCUT2D eigenvalue weighted by molar-refractivity contribution is -0.140. The van der Waals surface area contributed by atoms with Gasteiger partial charge in [-0.15, -0.1) is 0 Å². The summed E-state index contributed by atoms with van der Waals surface area (Å²) in [6, 6.07) is 16.0. The number of carbonyl (C=O) groups excluding carboxylic acids is 2. The Kier molecular flexibility index (Phi) is 9.64. The molecular weight excluding hydrogens is 553 g/mol. The Morgan fingerprint density at radius 2 is 1.60 bits per heavy atom. The van der Waals surface area contributed by atoms with Gasteiger partial charge in [-0.05, 0) is 77.4 Å². The van der Waals surface area contributed by atoms with Crippen molar-refractivity contribution >= 4 is 39.1 Å². The predicted octanol–water partition coefficient (Wildman–Crippen LogP) is 5.62. The molecular formula is C30H35ClFN3O4S. The molecule has 0 saturated carbocycles. The van der Waals surface area contributed by atoms with E-state index in [1.165, 1.54) is 42.2 Å². The Morgan fingerprint density at radius 1 is 0.975 bits per heavy atom. The van der Waals surface area contributed by atoms with Gasteiger partial charge in [-0.25, -0.2) is 12.8 Å². The van der Waals surface area contributed by atoms with Crippen LogP contribution in [0.2, 0.25) is 5.02 Å². The maximum absolute atomic E-state index is 14.7. The normalized spacial score (nSPS) is 12.5. The Hall–Kier alpha value is -3.43. The molecule has 0 aromatic heterocycles. The average molecular weight is 588 g/mol. The molecule has 0 saturated heterocycles. The second-order valence-electron chi connectivity index (χ2n) is 10.7. The molecule has 214 valence electrons. The Balaban J connectivity index is 2.09. The number of sulfonamides is 1. The maximum Gasteiger partial charge on any atom is 0.264 e. The highest BCUT2D eigenvalue weighted by Crippen LogP contribution is 2.31. The lowest BCUT2D eigenvalue weighted by atomic mass is 10.1. The third kappa shape index (κ3) is 7.40. The standard InChI is InChI=1S/C30H35ClFN3O4S/c1-20-14-16-24(17-15-20)40(38,39)35(27-13-9-11-25(31)21(27)2)19-28(36)34(18-23-10-7-8-12-26(23)32)22(3)29(37)33-30(4,5)6/h7-17,22H,18-19H2,1-6H3,(H,33,37)/t22-/m1/s1. The van der Waals surface area contributed by atoms with Gasteiger partial charge in [-0.2, -0.15) is 0 Å². The molecule has 1 N–H and O–H groups in total. The minimum Gasteiger partial charge on any atom is -0.350 e. The van der Waals surface area contributed by atoms with E-state index in [0.717, 1.165) is 9.87 Å². The Morgan fingerprint density at radius 3 is 2.20 bits per heavy atom. The fraction of sp³-hybridized carbons (Fsp3) is 0.333. The zero-order valence-corrected chi connectivity index (χ0v) is 25.1. The molecule has 0 unspecified atom stereocenters. The quantitative estimate of drug-likeness (QED) is 0.352. The summed E-state index contributed by atoms with van der Waals surface area (Å²) < 4.78 is 43.5. The molecule has 0 radical (unpaired) electrons. The van der Waals surface area contributed by atoms with Gasteiger partial charge < -0.3 is 10.2 Å². The number of amides is 2. The third-order valence-corrected chi connectivity index (χ3v) is 8.54. The second-order valence-corrected chi connectivity index (χ2v) is 13.0. The van der Waals surface area contributed by atoms with Crippen molar-refractivity contribution in [2.75, 3.05) is 10.8 Å². The summed E-state index contributed by atoms with van der Waals surface area (Å²) in [5.74, 6) is -1.68. The Bertz CT molecular complexity index is 1490. The average Bonchev–Trinajstić information content (AvgIpc) is 2.87. The van der Waals surface area contributed by atoms with Crippen LogP contribution in [-0.2, 0) is 26.2 Å². The van der Waals surface area contributed by atoms with E-state index in [4.69, 9.17) is 11.6 Å². The van der Waals surface area contributed by atoms with E-state index >= 15 is 0 Å². The van der Waals surface area contributed by atoms with Crippen molar-refractivity contribution in [1.29, 1.82) is 0 Å². The highest BCUT2D eigenvalue weighted by atomic mass is 35.5. The summed E-state index contributed by atoms with van der Waals surface area (Å²) >= 11 is 6.34. The lowest BCUT2D eigenvalue weighted by Gasteiger charge is -2.34. The van der Waals surface area contributed by atoms with Gasteiger partial charge >= 0.3 is 0 Å². The van der Waals surface area contributed by atoms with Crippen LogP contribution in [0.25, 0.3) is 0 Å². The van der Waals surface area contributed by atoms with Crippen molar-refractivity contribution in [3.05, 3.63) is 94.3 Å². The van der Waals surface area contributed by atoms with Crippen LogP contribution in [0.5, 0.6) is 0 Å². The maximum atomic E-state index is 14.7. The van der Waals surface area contributed by atoms with Crippen molar-refractivity contribution in [3.63, 3.8) is 0 Å². The number of anilines is 1. The van der Waals surface area contributed by atoms with E-state index in [1.807, 2.05) is 6.92 Å². The minimum absolute atomic E-state index is 0.00977. The molecule has 1 atom stereocenters. The first-order valence-electron chi connectivity index (χ1n) is 12.8. The SMILES string of the molecule is Cc1ccc(S(=O)(=O)N(CC(=O)N(Cc2ccccc2F)[C@H](C)C(=O)NC(C)(C)C)c2cccc(Cl)c2C)cc1. The molecule has 3 aromatic carbocycles. The van der Waals surface area contributed by atoms with Crippen LogP contribution in [-0.4, -0.2) is 43.3 Å². The summed E-state index contributed by atoms with van der Waals surface area (Å²) in [7, 11) is -4.24. The summed E-state index contributed by atoms with van der Waals surface area (Å²) in [6.07, 6.45) is 0. The van der Waals surface area contributed by atoms with Gasteiger partial charge in [0.2, 0.25) is 11.8 Å². The Labute approximate surface area is 241 Å². The first-order valence-corrected chi connectivity index (χ1v) is 14.6. The molecule has 2 amide bonds. The number of halogens is 2. The number of hydrogen-bond donors (Lipinski definition) is 1. The number of aryl methyl sites for hydroxylation is 1. The summed E-state index contributed by atoms with van der Waals surface area (Å²) in [6.45, 7) is 9.56. The van der Waals surface area contributed by atoms with Gasteiger partial charge in [-0.3, -0.25) is 13.9 Å². The van der Waals surface area contributed by atoms with Gasteiger partial charge in [0, 0.05) is 22.7 Å². The van der Waals surface area contributed by atoms with Crippen molar-refractivity contribution < 1.29 is 22.4 Å². The van der Waals surface area contributed by atoms with Gasteiger partial charge in [0.15, 0.2) is 0 Å². The lowest BCUT2D eigenvalue weighted by Crippen LogP contribution is -2.54. The van der Waals surface area contributed by atoms with Gasteiger partial charge in [-0.1, -0.05) is 53.6 Å². The van der Waals surface area contributed by atoms with E-state index in [2.05, 4.69) is 5.32 Å². The van der Waals surface area contributed by atoms with E-state index in [1.54, 1.807) is 64.1 Å². The topological polar surface area (TPSA) is 86.8 Å². The molecule has 0 bridgehead atoms. The van der Waals surface area contributed by atoms with Crippen molar-refractivity contribution in [3.8, 4) is 0 Å². The van der Waals surface area contributed by atoms with Crippen LogP contribution in [0.1, 0.15) is 44.4 Å². The van der Waals surface area contributed by atoms with Crippen molar-refractivity contribution in [2.24, 2.45) is 0 Å². The van der Waals surface area contributed by atoms with E-state index < -0.39 is 45.8 Å². The predicted molar refractivity (Wildman–Crippen MR) is 156 cm³/mol. The highest BCUT2D eigenvalue weighted by Gasteiger charge is 2.34. The van der Waals surface area contributed by atoms with Crippen LogP contribution < -0.4 is 9.62 Å². The van der Waals surface area contributed by atoms with E-state index in [9.17, 15) is 22.4 Å². The monoisotopic (exact) mass is 587 g/mol. The number of benzene rings is 3. The van der Waals surface area contributed by atoms with Gasteiger partial charge in [0.1, 0.15) is 18.4 Å². The number of nitrogens with zero attached hydrogens (tertiary/aromatic N) is 2. The zero-order chi connectivity index (χ0) is 29.8. The van der Waals surface area contributed by atoms with Crippen LogP contribution >= 0.6 is 11.6 Å². The summed E-state index contributed by atoms with van der Waals surface area (Å²) in [5.41, 5.74) is 1.16. The van der Waals surface area contributed by atoms with Gasteiger partial charge in [0.25, 0.3) is 10.0 Å². The number of nitrogens with one attached hydrogen (secondary N) is 1. The molecule has 3 rings (SSSR count). The first kappa shape index (κ1) is 31.1. The fourth-order valence-electron chi connectivity index (χ4n) is 4.08. The van der Waals surface area contributed by atoms with Gasteiger partial charge in [0.05, 0.1) is 10.6 Å². The molecule has 7 nitrogen and oxygen atoms in total. The molecule has 0 aliphatic rings.